The lowest BCUT2D eigenvalue weighted by Gasteiger charge is -2.43. The summed E-state index contributed by atoms with van der Waals surface area (Å²) < 4.78 is 9.38. The standard InChI is InChI=1S/C20H27N3O3/c1-2-21-15-7-3-4-8-16(15)23(20(21)25)12-11-19(24)22-13-14-26-18-10-6-5-9-17(18)22/h3-4,7-8,17-18H,2,5-6,9-14H2,1H3. The minimum absolute atomic E-state index is 0.0287. The summed E-state index contributed by atoms with van der Waals surface area (Å²) in [6.07, 6.45) is 5.00. The fourth-order valence-electron chi connectivity index (χ4n) is 4.55. The van der Waals surface area contributed by atoms with Crippen molar-refractivity contribution < 1.29 is 9.53 Å². The van der Waals surface area contributed by atoms with Crippen molar-refractivity contribution in [3.05, 3.63) is 34.7 Å². The van der Waals surface area contributed by atoms with Crippen LogP contribution in [0.3, 0.4) is 0 Å². The molecule has 2 heterocycles. The molecule has 2 aliphatic rings. The van der Waals surface area contributed by atoms with Crippen molar-refractivity contribution in [3.8, 4) is 0 Å². The van der Waals surface area contributed by atoms with E-state index in [2.05, 4.69) is 0 Å². The first-order valence-corrected chi connectivity index (χ1v) is 9.80. The molecular weight excluding hydrogens is 330 g/mol. The molecule has 2 aromatic rings. The summed E-state index contributed by atoms with van der Waals surface area (Å²) in [6.45, 7) is 4.33. The van der Waals surface area contributed by atoms with Gasteiger partial charge in [0.25, 0.3) is 0 Å². The summed E-state index contributed by atoms with van der Waals surface area (Å²) in [7, 11) is 0. The van der Waals surface area contributed by atoms with E-state index >= 15 is 0 Å². The molecule has 1 aromatic carbocycles. The largest absolute Gasteiger partial charge is 0.374 e. The van der Waals surface area contributed by atoms with Crippen LogP contribution in [0, 0.1) is 0 Å². The first-order valence-electron chi connectivity index (χ1n) is 9.80. The lowest BCUT2D eigenvalue weighted by molar-refractivity contribution is -0.149. The summed E-state index contributed by atoms with van der Waals surface area (Å²) >= 11 is 0. The van der Waals surface area contributed by atoms with E-state index in [4.69, 9.17) is 4.74 Å². The van der Waals surface area contributed by atoms with Gasteiger partial charge in [0.1, 0.15) is 0 Å². The number of aryl methyl sites for hydroxylation is 2. The number of rotatable bonds is 4. The lowest BCUT2D eigenvalue weighted by atomic mass is 9.90. The molecule has 140 valence electrons. The van der Waals surface area contributed by atoms with Gasteiger partial charge in [0.05, 0.1) is 29.8 Å². The van der Waals surface area contributed by atoms with Gasteiger partial charge in [0, 0.05) is 26.1 Å². The third-order valence-electron chi connectivity index (χ3n) is 5.84. The van der Waals surface area contributed by atoms with Crippen LogP contribution in [-0.2, 0) is 22.6 Å². The van der Waals surface area contributed by atoms with Crippen molar-refractivity contribution in [3.63, 3.8) is 0 Å². The maximum absolute atomic E-state index is 12.9. The van der Waals surface area contributed by atoms with E-state index in [1.54, 1.807) is 9.13 Å². The number of fused-ring (bicyclic) bond motifs is 2. The first kappa shape index (κ1) is 17.3. The van der Waals surface area contributed by atoms with E-state index in [0.717, 1.165) is 30.3 Å². The molecule has 0 spiro atoms. The van der Waals surface area contributed by atoms with Gasteiger partial charge >= 0.3 is 5.69 Å². The zero-order valence-electron chi connectivity index (χ0n) is 15.4. The van der Waals surface area contributed by atoms with E-state index < -0.39 is 0 Å². The number of morpholine rings is 1. The number of carbonyl (C=O) groups excluding carboxylic acids is 1. The van der Waals surface area contributed by atoms with E-state index in [1.807, 2.05) is 36.1 Å². The molecule has 1 amide bonds. The molecule has 2 fully saturated rings. The molecule has 0 radical (unpaired) electrons. The summed E-state index contributed by atoms with van der Waals surface area (Å²) in [6, 6.07) is 8.03. The number of ether oxygens (including phenoxy) is 1. The fourth-order valence-corrected chi connectivity index (χ4v) is 4.55. The van der Waals surface area contributed by atoms with Crippen LogP contribution < -0.4 is 5.69 Å². The Morgan fingerprint density at radius 1 is 1.15 bits per heavy atom. The van der Waals surface area contributed by atoms with E-state index in [1.165, 1.54) is 6.42 Å². The molecule has 0 bridgehead atoms. The summed E-state index contributed by atoms with van der Waals surface area (Å²) in [5.74, 6) is 0.144. The summed E-state index contributed by atoms with van der Waals surface area (Å²) in [5, 5.41) is 0. The molecule has 1 aliphatic heterocycles. The molecule has 1 saturated heterocycles. The molecular formula is C20H27N3O3. The van der Waals surface area contributed by atoms with Gasteiger partial charge < -0.3 is 9.64 Å². The number of benzene rings is 1. The molecule has 6 heteroatoms. The first-order chi connectivity index (χ1) is 12.7. The van der Waals surface area contributed by atoms with Crippen LogP contribution in [0.1, 0.15) is 39.0 Å². The van der Waals surface area contributed by atoms with Crippen LogP contribution in [0.4, 0.5) is 0 Å². The van der Waals surface area contributed by atoms with Gasteiger partial charge in [-0.15, -0.1) is 0 Å². The monoisotopic (exact) mass is 357 g/mol. The zero-order valence-corrected chi connectivity index (χ0v) is 15.4. The molecule has 1 aliphatic carbocycles. The number of amides is 1. The molecule has 0 N–H and O–H groups in total. The van der Waals surface area contributed by atoms with Gasteiger partial charge in [-0.2, -0.15) is 0 Å². The zero-order chi connectivity index (χ0) is 18.1. The minimum Gasteiger partial charge on any atom is -0.374 e. The highest BCUT2D eigenvalue weighted by Crippen LogP contribution is 2.29. The molecule has 1 aromatic heterocycles. The third-order valence-corrected chi connectivity index (χ3v) is 5.84. The highest BCUT2D eigenvalue weighted by atomic mass is 16.5. The van der Waals surface area contributed by atoms with E-state index in [0.29, 0.717) is 32.7 Å². The smallest absolute Gasteiger partial charge is 0.329 e. The number of aromatic nitrogens is 2. The van der Waals surface area contributed by atoms with E-state index in [9.17, 15) is 9.59 Å². The van der Waals surface area contributed by atoms with Crippen LogP contribution in [0.5, 0.6) is 0 Å². The summed E-state index contributed by atoms with van der Waals surface area (Å²) in [5.41, 5.74) is 1.81. The SMILES string of the molecule is CCn1c(=O)n(CCC(=O)N2CCOC3CCCCC32)c2ccccc21. The van der Waals surface area contributed by atoms with Gasteiger partial charge in [-0.3, -0.25) is 13.9 Å². The normalized spacial score (nSPS) is 23.2. The average Bonchev–Trinajstić information content (AvgIpc) is 2.96. The molecule has 2 unspecified atom stereocenters. The number of carbonyl (C=O) groups is 1. The Morgan fingerprint density at radius 3 is 2.65 bits per heavy atom. The van der Waals surface area contributed by atoms with Crippen LogP contribution in [0.15, 0.2) is 29.1 Å². The second-order valence-electron chi connectivity index (χ2n) is 7.27. The van der Waals surface area contributed by atoms with Crippen molar-refractivity contribution in [2.24, 2.45) is 0 Å². The number of nitrogens with zero attached hydrogens (tertiary/aromatic N) is 3. The number of imidazole rings is 1. The Balaban J connectivity index is 1.52. The molecule has 4 rings (SSSR count). The minimum atomic E-state index is -0.0287. The maximum atomic E-state index is 12.9. The van der Waals surface area contributed by atoms with Crippen LogP contribution >= 0.6 is 0 Å². The van der Waals surface area contributed by atoms with Gasteiger partial charge in [-0.05, 0) is 31.9 Å². The second kappa shape index (κ2) is 7.27. The fraction of sp³-hybridized carbons (Fsp3) is 0.600. The molecule has 1 saturated carbocycles. The van der Waals surface area contributed by atoms with Crippen LogP contribution in [0.2, 0.25) is 0 Å². The Morgan fingerprint density at radius 2 is 1.88 bits per heavy atom. The topological polar surface area (TPSA) is 56.5 Å². The van der Waals surface area contributed by atoms with Crippen molar-refractivity contribution in [2.45, 2.75) is 64.3 Å². The average molecular weight is 357 g/mol. The highest BCUT2D eigenvalue weighted by molar-refractivity contribution is 5.78. The Hall–Kier alpha value is -2.08. The van der Waals surface area contributed by atoms with Crippen molar-refractivity contribution in [2.75, 3.05) is 13.2 Å². The number of para-hydroxylation sites is 2. The number of hydrogen-bond acceptors (Lipinski definition) is 3. The maximum Gasteiger partial charge on any atom is 0.329 e. The van der Waals surface area contributed by atoms with Crippen molar-refractivity contribution >= 4 is 16.9 Å². The van der Waals surface area contributed by atoms with Gasteiger partial charge in [0.2, 0.25) is 5.91 Å². The van der Waals surface area contributed by atoms with Crippen LogP contribution in [-0.4, -0.2) is 45.2 Å². The Kier molecular flexibility index (Phi) is 4.85. The quantitative estimate of drug-likeness (QED) is 0.844. The van der Waals surface area contributed by atoms with Crippen molar-refractivity contribution in [1.29, 1.82) is 0 Å². The van der Waals surface area contributed by atoms with Gasteiger partial charge in [-0.1, -0.05) is 25.0 Å². The molecule has 6 nitrogen and oxygen atoms in total. The number of hydrogen-bond donors (Lipinski definition) is 0. The Bertz CT molecular complexity index is 852. The third kappa shape index (κ3) is 2.96. The highest BCUT2D eigenvalue weighted by Gasteiger charge is 2.36. The second-order valence-corrected chi connectivity index (χ2v) is 7.27. The predicted octanol–water partition coefficient (Wildman–Crippen LogP) is 2.38. The molecule has 2 atom stereocenters. The Labute approximate surface area is 153 Å². The lowest BCUT2D eigenvalue weighted by Crippen LogP contribution is -2.55. The predicted molar refractivity (Wildman–Crippen MR) is 100 cm³/mol. The van der Waals surface area contributed by atoms with Gasteiger partial charge in [-0.25, -0.2) is 4.79 Å². The van der Waals surface area contributed by atoms with Gasteiger partial charge in [0.15, 0.2) is 0 Å². The summed E-state index contributed by atoms with van der Waals surface area (Å²) in [4.78, 5) is 27.6. The van der Waals surface area contributed by atoms with Crippen molar-refractivity contribution in [1.82, 2.24) is 14.0 Å². The van der Waals surface area contributed by atoms with E-state index in [-0.39, 0.29) is 23.7 Å². The van der Waals surface area contributed by atoms with Crippen LogP contribution in [0.25, 0.3) is 11.0 Å². The molecule has 26 heavy (non-hydrogen) atoms.